The topological polar surface area (TPSA) is 23.5 Å². The Morgan fingerprint density at radius 3 is 2.38 bits per heavy atom. The highest BCUT2D eigenvalue weighted by molar-refractivity contribution is 8.93. The average Bonchev–Trinajstić information content (AvgIpc) is 2.06. The molecule has 0 unspecified atom stereocenters. The Kier molecular flexibility index (Phi) is 6.86. The summed E-state index contributed by atoms with van der Waals surface area (Å²) in [6, 6.07) is 10.3. The summed E-state index contributed by atoms with van der Waals surface area (Å²) in [6.45, 7) is 1.86. The Morgan fingerprint density at radius 2 is 1.85 bits per heavy atom. The number of aliphatic hydroxyl groups is 1. The number of hydrogen-bond acceptors (Lipinski definition) is 2. The van der Waals surface area contributed by atoms with E-state index in [1.165, 1.54) is 5.56 Å². The Morgan fingerprint density at radius 1 is 1.23 bits per heavy atom. The fraction of sp³-hybridized carbons (Fsp3) is 0.400. The van der Waals surface area contributed by atoms with E-state index in [1.807, 2.05) is 25.2 Å². The van der Waals surface area contributed by atoms with Gasteiger partial charge in [-0.25, -0.2) is 0 Å². The van der Waals surface area contributed by atoms with Crippen LogP contribution in [0.5, 0.6) is 0 Å². The second-order valence-electron chi connectivity index (χ2n) is 2.95. The average molecular weight is 246 g/mol. The lowest BCUT2D eigenvalue weighted by Gasteiger charge is -2.14. The van der Waals surface area contributed by atoms with E-state index in [9.17, 15) is 0 Å². The molecule has 0 aliphatic carbocycles. The highest BCUT2D eigenvalue weighted by atomic mass is 79.9. The predicted octanol–water partition coefficient (Wildman–Crippen LogP) is 1.69. The number of hydrogen-bond donors (Lipinski definition) is 1. The van der Waals surface area contributed by atoms with E-state index < -0.39 is 0 Å². The van der Waals surface area contributed by atoms with E-state index in [-0.39, 0.29) is 23.6 Å². The van der Waals surface area contributed by atoms with Crippen LogP contribution in [0.15, 0.2) is 30.3 Å². The second-order valence-corrected chi connectivity index (χ2v) is 2.95. The van der Waals surface area contributed by atoms with Crippen LogP contribution in [-0.2, 0) is 6.54 Å². The maximum atomic E-state index is 8.67. The van der Waals surface area contributed by atoms with Gasteiger partial charge in [0.15, 0.2) is 0 Å². The molecule has 0 aliphatic heterocycles. The van der Waals surface area contributed by atoms with Crippen LogP contribution in [0.1, 0.15) is 5.56 Å². The van der Waals surface area contributed by atoms with Gasteiger partial charge in [-0.05, 0) is 12.6 Å². The molecule has 0 saturated heterocycles. The molecule has 1 aromatic carbocycles. The molecular weight excluding hydrogens is 230 g/mol. The highest BCUT2D eigenvalue weighted by Crippen LogP contribution is 2.01. The van der Waals surface area contributed by atoms with Crippen molar-refractivity contribution in [1.29, 1.82) is 0 Å². The highest BCUT2D eigenvalue weighted by Gasteiger charge is 1.97. The lowest BCUT2D eigenvalue weighted by atomic mass is 10.2. The molecule has 0 saturated carbocycles. The molecule has 0 fully saturated rings. The number of aliphatic hydroxyl groups excluding tert-OH is 1. The van der Waals surface area contributed by atoms with Crippen molar-refractivity contribution in [3.63, 3.8) is 0 Å². The molecule has 1 N–H and O–H groups in total. The minimum Gasteiger partial charge on any atom is -0.395 e. The van der Waals surface area contributed by atoms with Gasteiger partial charge >= 0.3 is 0 Å². The molecule has 0 atom stereocenters. The van der Waals surface area contributed by atoms with Gasteiger partial charge < -0.3 is 5.11 Å². The van der Waals surface area contributed by atoms with Crippen molar-refractivity contribution in [2.75, 3.05) is 20.2 Å². The summed E-state index contributed by atoms with van der Waals surface area (Å²) in [6.07, 6.45) is 0. The number of halogens is 1. The maximum Gasteiger partial charge on any atom is 0.0558 e. The maximum absolute atomic E-state index is 8.67. The first-order valence-corrected chi connectivity index (χ1v) is 4.16. The van der Waals surface area contributed by atoms with E-state index in [1.54, 1.807) is 0 Å². The third-order valence-electron chi connectivity index (χ3n) is 1.78. The fourth-order valence-corrected chi connectivity index (χ4v) is 1.14. The molecular formula is C10H16BrNO. The van der Waals surface area contributed by atoms with Crippen molar-refractivity contribution >= 4 is 17.0 Å². The molecule has 1 aromatic rings. The fourth-order valence-electron chi connectivity index (χ4n) is 1.14. The SMILES string of the molecule is Br.CN(CCO)Cc1ccccc1. The van der Waals surface area contributed by atoms with Crippen molar-refractivity contribution in [3.8, 4) is 0 Å². The zero-order valence-electron chi connectivity index (χ0n) is 7.81. The summed E-state index contributed by atoms with van der Waals surface area (Å²) in [7, 11) is 2.00. The Balaban J connectivity index is 0.00000144. The van der Waals surface area contributed by atoms with Crippen LogP contribution in [-0.4, -0.2) is 30.2 Å². The van der Waals surface area contributed by atoms with Crippen molar-refractivity contribution in [2.24, 2.45) is 0 Å². The van der Waals surface area contributed by atoms with Crippen LogP contribution in [0.25, 0.3) is 0 Å². The monoisotopic (exact) mass is 245 g/mol. The lowest BCUT2D eigenvalue weighted by Crippen LogP contribution is -2.21. The summed E-state index contributed by atoms with van der Waals surface area (Å²) in [5, 5.41) is 8.67. The van der Waals surface area contributed by atoms with E-state index in [2.05, 4.69) is 17.0 Å². The smallest absolute Gasteiger partial charge is 0.0558 e. The van der Waals surface area contributed by atoms with Gasteiger partial charge in [-0.15, -0.1) is 17.0 Å². The molecule has 0 aliphatic rings. The summed E-state index contributed by atoms with van der Waals surface area (Å²) in [5.41, 5.74) is 1.29. The van der Waals surface area contributed by atoms with Gasteiger partial charge in [0, 0.05) is 13.1 Å². The van der Waals surface area contributed by atoms with E-state index >= 15 is 0 Å². The van der Waals surface area contributed by atoms with E-state index in [4.69, 9.17) is 5.11 Å². The van der Waals surface area contributed by atoms with Crippen LogP contribution in [0.4, 0.5) is 0 Å². The third-order valence-corrected chi connectivity index (χ3v) is 1.78. The van der Waals surface area contributed by atoms with Gasteiger partial charge in [0.1, 0.15) is 0 Å². The standard InChI is InChI=1S/C10H15NO.BrH/c1-11(7-8-12)9-10-5-3-2-4-6-10;/h2-6,12H,7-9H2,1H3;1H. The normalized spacial score (nSPS) is 9.77. The minimum absolute atomic E-state index is 0. The summed E-state index contributed by atoms with van der Waals surface area (Å²) in [4.78, 5) is 2.09. The van der Waals surface area contributed by atoms with Gasteiger partial charge in [0.05, 0.1) is 6.61 Å². The molecule has 0 amide bonds. The molecule has 1 rings (SSSR count). The van der Waals surface area contributed by atoms with Crippen molar-refractivity contribution in [2.45, 2.75) is 6.54 Å². The molecule has 2 nitrogen and oxygen atoms in total. The van der Waals surface area contributed by atoms with Gasteiger partial charge in [-0.2, -0.15) is 0 Å². The van der Waals surface area contributed by atoms with Crippen LogP contribution in [0.2, 0.25) is 0 Å². The Labute approximate surface area is 90.0 Å². The van der Waals surface area contributed by atoms with E-state index in [0.717, 1.165) is 13.1 Å². The van der Waals surface area contributed by atoms with Gasteiger partial charge in [0.25, 0.3) is 0 Å². The Hall–Kier alpha value is -0.380. The minimum atomic E-state index is 0. The van der Waals surface area contributed by atoms with Gasteiger partial charge in [0.2, 0.25) is 0 Å². The quantitative estimate of drug-likeness (QED) is 0.873. The molecule has 0 bridgehead atoms. The second kappa shape index (κ2) is 7.06. The van der Waals surface area contributed by atoms with Crippen LogP contribution in [0, 0.1) is 0 Å². The van der Waals surface area contributed by atoms with E-state index in [0.29, 0.717) is 0 Å². The summed E-state index contributed by atoms with van der Waals surface area (Å²) >= 11 is 0. The van der Waals surface area contributed by atoms with Crippen LogP contribution >= 0.6 is 17.0 Å². The molecule has 3 heteroatoms. The molecule has 0 spiro atoms. The van der Waals surface area contributed by atoms with Crippen molar-refractivity contribution in [3.05, 3.63) is 35.9 Å². The number of benzene rings is 1. The Bertz CT molecular complexity index is 215. The largest absolute Gasteiger partial charge is 0.395 e. The number of rotatable bonds is 4. The predicted molar refractivity (Wildman–Crippen MR) is 60.2 cm³/mol. The molecule has 0 radical (unpaired) electrons. The van der Waals surface area contributed by atoms with Crippen molar-refractivity contribution < 1.29 is 5.11 Å². The zero-order valence-corrected chi connectivity index (χ0v) is 9.52. The summed E-state index contributed by atoms with van der Waals surface area (Å²) in [5.74, 6) is 0. The van der Waals surface area contributed by atoms with Crippen LogP contribution < -0.4 is 0 Å². The molecule has 13 heavy (non-hydrogen) atoms. The molecule has 0 aromatic heterocycles. The first-order chi connectivity index (χ1) is 5.83. The van der Waals surface area contributed by atoms with Gasteiger partial charge in [-0.1, -0.05) is 30.3 Å². The van der Waals surface area contributed by atoms with Gasteiger partial charge in [-0.3, -0.25) is 4.90 Å². The van der Waals surface area contributed by atoms with Crippen LogP contribution in [0.3, 0.4) is 0 Å². The number of likely N-dealkylation sites (N-methyl/N-ethyl adjacent to an activating group) is 1. The summed E-state index contributed by atoms with van der Waals surface area (Å²) < 4.78 is 0. The third kappa shape index (κ3) is 5.03. The van der Waals surface area contributed by atoms with Crippen molar-refractivity contribution in [1.82, 2.24) is 4.90 Å². The zero-order chi connectivity index (χ0) is 8.81. The lowest BCUT2D eigenvalue weighted by molar-refractivity contribution is 0.217. The first-order valence-electron chi connectivity index (χ1n) is 4.16. The molecule has 74 valence electrons. The molecule has 0 heterocycles. The number of nitrogens with zero attached hydrogens (tertiary/aromatic N) is 1. The first kappa shape index (κ1) is 12.6.